The van der Waals surface area contributed by atoms with Gasteiger partial charge in [-0.25, -0.2) is 10.2 Å². The van der Waals surface area contributed by atoms with Crippen LogP contribution in [0.25, 0.3) is 0 Å². The minimum Gasteiger partial charge on any atom is -0.460 e. The molecule has 0 heterocycles. The number of carbonyl (C=O) groups excluding carboxylic acids is 1. The standard InChI is InChI=1S/C6H13N3O2/c1-4-11-6(10)5(7-2)9-8-3/h8H,4H2,1-3H3,(H,7,9). The van der Waals surface area contributed by atoms with Crippen LogP contribution in [0.4, 0.5) is 0 Å². The lowest BCUT2D eigenvalue weighted by atomic mass is 10.6. The van der Waals surface area contributed by atoms with Gasteiger partial charge in [-0.05, 0) is 6.92 Å². The minimum atomic E-state index is -0.454. The molecule has 0 aromatic heterocycles. The third-order valence-electron chi connectivity index (χ3n) is 0.936. The number of hydrogen-bond donors (Lipinski definition) is 2. The van der Waals surface area contributed by atoms with Crippen LogP contribution >= 0.6 is 0 Å². The van der Waals surface area contributed by atoms with E-state index in [-0.39, 0.29) is 5.84 Å². The fourth-order valence-corrected chi connectivity index (χ4v) is 0.516. The van der Waals surface area contributed by atoms with Gasteiger partial charge in [0.1, 0.15) is 0 Å². The topological polar surface area (TPSA) is 62.7 Å². The molecule has 64 valence electrons. The summed E-state index contributed by atoms with van der Waals surface area (Å²) in [5, 5.41) is 0. The predicted octanol–water partition coefficient (Wildman–Crippen LogP) is -0.698. The Hall–Kier alpha value is -1.10. The number of nitrogens with one attached hydrogen (secondary N) is 2. The Balaban J connectivity index is 3.94. The molecule has 0 radical (unpaired) electrons. The van der Waals surface area contributed by atoms with Crippen LogP contribution in [0.2, 0.25) is 0 Å². The highest BCUT2D eigenvalue weighted by atomic mass is 16.5. The number of amidine groups is 1. The zero-order valence-corrected chi connectivity index (χ0v) is 6.97. The van der Waals surface area contributed by atoms with E-state index in [1.807, 2.05) is 0 Å². The van der Waals surface area contributed by atoms with Crippen molar-refractivity contribution in [3.8, 4) is 0 Å². The molecule has 0 spiro atoms. The molecular formula is C6H13N3O2. The Morgan fingerprint density at radius 3 is 2.64 bits per heavy atom. The van der Waals surface area contributed by atoms with Crippen molar-refractivity contribution in [3.63, 3.8) is 0 Å². The lowest BCUT2D eigenvalue weighted by Gasteiger charge is -2.05. The molecule has 0 bridgehead atoms. The fraction of sp³-hybridized carbons (Fsp3) is 0.667. The highest BCUT2D eigenvalue weighted by molar-refractivity contribution is 6.35. The van der Waals surface area contributed by atoms with Gasteiger partial charge < -0.3 is 10.2 Å². The van der Waals surface area contributed by atoms with Gasteiger partial charge in [-0.2, -0.15) is 0 Å². The van der Waals surface area contributed by atoms with E-state index in [0.29, 0.717) is 6.61 Å². The van der Waals surface area contributed by atoms with Gasteiger partial charge in [0, 0.05) is 14.1 Å². The average Bonchev–Trinajstić information content (AvgIpc) is 2.00. The molecule has 11 heavy (non-hydrogen) atoms. The molecule has 0 aliphatic heterocycles. The summed E-state index contributed by atoms with van der Waals surface area (Å²) in [5.74, 6) is -0.279. The first kappa shape index (κ1) is 9.90. The van der Waals surface area contributed by atoms with E-state index in [9.17, 15) is 4.79 Å². The first-order valence-corrected chi connectivity index (χ1v) is 3.32. The largest absolute Gasteiger partial charge is 0.460 e. The highest BCUT2D eigenvalue weighted by Crippen LogP contribution is 1.79. The van der Waals surface area contributed by atoms with Crippen LogP contribution < -0.4 is 10.9 Å². The van der Waals surface area contributed by atoms with Crippen molar-refractivity contribution in [2.24, 2.45) is 4.99 Å². The molecule has 0 rings (SSSR count). The molecule has 0 aromatic carbocycles. The van der Waals surface area contributed by atoms with E-state index in [2.05, 4.69) is 20.6 Å². The van der Waals surface area contributed by atoms with Crippen LogP contribution in [-0.2, 0) is 9.53 Å². The van der Waals surface area contributed by atoms with Crippen molar-refractivity contribution in [1.29, 1.82) is 0 Å². The minimum absolute atomic E-state index is 0.175. The summed E-state index contributed by atoms with van der Waals surface area (Å²) in [6.45, 7) is 2.09. The van der Waals surface area contributed by atoms with Crippen LogP contribution in [0.5, 0.6) is 0 Å². The summed E-state index contributed by atoms with van der Waals surface area (Å²) in [5.41, 5.74) is 5.12. The first-order chi connectivity index (χ1) is 5.26. The second-order valence-electron chi connectivity index (χ2n) is 1.67. The van der Waals surface area contributed by atoms with Gasteiger partial charge in [0.25, 0.3) is 0 Å². The second kappa shape index (κ2) is 5.67. The van der Waals surface area contributed by atoms with Crippen molar-refractivity contribution in [2.75, 3.05) is 20.7 Å². The second-order valence-corrected chi connectivity index (χ2v) is 1.67. The van der Waals surface area contributed by atoms with Crippen molar-refractivity contribution in [2.45, 2.75) is 6.92 Å². The van der Waals surface area contributed by atoms with Gasteiger partial charge in [0.05, 0.1) is 6.61 Å². The van der Waals surface area contributed by atoms with Crippen LogP contribution in [0.1, 0.15) is 6.92 Å². The zero-order valence-electron chi connectivity index (χ0n) is 6.97. The normalized spacial score (nSPS) is 11.0. The van der Waals surface area contributed by atoms with Gasteiger partial charge in [-0.1, -0.05) is 0 Å². The van der Waals surface area contributed by atoms with Crippen molar-refractivity contribution < 1.29 is 9.53 Å². The van der Waals surface area contributed by atoms with Gasteiger partial charge in [0.2, 0.25) is 5.84 Å². The summed E-state index contributed by atoms with van der Waals surface area (Å²) >= 11 is 0. The number of esters is 1. The SMILES string of the molecule is CCOC(=O)C(=NC)NNC. The molecule has 0 saturated carbocycles. The summed E-state index contributed by atoms with van der Waals surface area (Å²) in [6.07, 6.45) is 0. The monoisotopic (exact) mass is 159 g/mol. The average molecular weight is 159 g/mol. The Morgan fingerprint density at radius 2 is 2.27 bits per heavy atom. The number of ether oxygens (including phenoxy) is 1. The third kappa shape index (κ3) is 3.57. The van der Waals surface area contributed by atoms with Crippen LogP contribution in [0, 0.1) is 0 Å². The van der Waals surface area contributed by atoms with Crippen LogP contribution in [0.15, 0.2) is 4.99 Å². The maximum Gasteiger partial charge on any atom is 0.374 e. The third-order valence-corrected chi connectivity index (χ3v) is 0.936. The Bertz CT molecular complexity index is 156. The lowest BCUT2D eigenvalue weighted by molar-refractivity contribution is -0.135. The molecule has 0 atom stereocenters. The molecule has 5 nitrogen and oxygen atoms in total. The number of hydrogen-bond acceptors (Lipinski definition) is 4. The van der Waals surface area contributed by atoms with Gasteiger partial charge in [0.15, 0.2) is 0 Å². The summed E-state index contributed by atoms with van der Waals surface area (Å²) in [7, 11) is 3.15. The number of rotatable bonds is 2. The molecule has 0 unspecified atom stereocenters. The molecule has 0 saturated heterocycles. The van der Waals surface area contributed by atoms with Gasteiger partial charge >= 0.3 is 5.97 Å². The Kier molecular flexibility index (Phi) is 5.10. The Labute approximate surface area is 65.8 Å². The first-order valence-electron chi connectivity index (χ1n) is 3.32. The molecular weight excluding hydrogens is 146 g/mol. The maximum absolute atomic E-state index is 10.9. The van der Waals surface area contributed by atoms with Crippen molar-refractivity contribution in [1.82, 2.24) is 10.9 Å². The van der Waals surface area contributed by atoms with Gasteiger partial charge in [-0.15, -0.1) is 0 Å². The van der Waals surface area contributed by atoms with E-state index in [0.717, 1.165) is 0 Å². The van der Waals surface area contributed by atoms with Crippen molar-refractivity contribution >= 4 is 11.8 Å². The Morgan fingerprint density at radius 1 is 1.64 bits per heavy atom. The molecule has 0 amide bonds. The smallest absolute Gasteiger partial charge is 0.374 e. The molecule has 0 aromatic rings. The lowest BCUT2D eigenvalue weighted by Crippen LogP contribution is -2.40. The zero-order chi connectivity index (χ0) is 8.69. The van der Waals surface area contributed by atoms with Crippen LogP contribution in [0.3, 0.4) is 0 Å². The molecule has 0 aliphatic carbocycles. The molecule has 0 fully saturated rings. The quantitative estimate of drug-likeness (QED) is 0.242. The number of nitrogens with zero attached hydrogens (tertiary/aromatic N) is 1. The van der Waals surface area contributed by atoms with E-state index in [1.165, 1.54) is 7.05 Å². The predicted molar refractivity (Wildman–Crippen MR) is 42.2 cm³/mol. The van der Waals surface area contributed by atoms with E-state index in [1.54, 1.807) is 14.0 Å². The molecule has 5 heteroatoms. The van der Waals surface area contributed by atoms with Crippen LogP contribution in [-0.4, -0.2) is 32.5 Å². The summed E-state index contributed by atoms with van der Waals surface area (Å²) in [6, 6.07) is 0. The maximum atomic E-state index is 10.9. The highest BCUT2D eigenvalue weighted by Gasteiger charge is 2.08. The summed E-state index contributed by atoms with van der Waals surface area (Å²) < 4.78 is 4.68. The van der Waals surface area contributed by atoms with Gasteiger partial charge in [-0.3, -0.25) is 4.99 Å². The number of carbonyl (C=O) groups is 1. The van der Waals surface area contributed by atoms with E-state index >= 15 is 0 Å². The number of hydrazine groups is 1. The fourth-order valence-electron chi connectivity index (χ4n) is 0.516. The van der Waals surface area contributed by atoms with Crippen molar-refractivity contribution in [3.05, 3.63) is 0 Å². The molecule has 2 N–H and O–H groups in total. The van der Waals surface area contributed by atoms with E-state index in [4.69, 9.17) is 0 Å². The molecule has 0 aliphatic rings. The van der Waals surface area contributed by atoms with E-state index < -0.39 is 5.97 Å². The summed E-state index contributed by atoms with van der Waals surface area (Å²) in [4.78, 5) is 14.6. The number of aliphatic imine (C=N–C) groups is 1.